The van der Waals surface area contributed by atoms with Gasteiger partial charge in [0.2, 0.25) is 0 Å². The standard InChI is InChI=1S/2C16H21.Pt/c2*1-8-12-9-13(15(2,3)4)11-14(10-12)16(5,6)7;/h2*9-11H,2-7H3;/q2*-1;+2. The zero-order chi connectivity index (χ0) is 25.1. The monoisotopic (exact) mass is 621 g/mol. The molecule has 0 aliphatic heterocycles. The molecule has 0 fully saturated rings. The second kappa shape index (κ2) is 11.1. The normalized spacial score (nSPS) is 11.9. The fourth-order valence-corrected chi connectivity index (χ4v) is 3.13. The fraction of sp³-hybridized carbons (Fsp3) is 0.500. The summed E-state index contributed by atoms with van der Waals surface area (Å²) in [6, 6.07) is 12.7. The van der Waals surface area contributed by atoms with Gasteiger partial charge in [-0.3, -0.25) is 11.8 Å². The van der Waals surface area contributed by atoms with Crippen molar-refractivity contribution in [3.63, 3.8) is 0 Å². The first-order chi connectivity index (χ1) is 14.3. The predicted octanol–water partition coefficient (Wildman–Crippen LogP) is 8.44. The van der Waals surface area contributed by atoms with E-state index in [9.17, 15) is 0 Å². The van der Waals surface area contributed by atoms with Crippen LogP contribution >= 0.6 is 0 Å². The van der Waals surface area contributed by atoms with E-state index >= 15 is 0 Å². The van der Waals surface area contributed by atoms with Gasteiger partial charge in [0, 0.05) is 0 Å². The van der Waals surface area contributed by atoms with Crippen LogP contribution < -0.4 is 0 Å². The molecule has 0 saturated heterocycles. The molecule has 0 amide bonds. The van der Waals surface area contributed by atoms with Gasteiger partial charge in [0.25, 0.3) is 0 Å². The third-order valence-electron chi connectivity index (χ3n) is 5.62. The third-order valence-corrected chi connectivity index (χ3v) is 5.62. The molecule has 0 radical (unpaired) electrons. The molecule has 0 aliphatic carbocycles. The van der Waals surface area contributed by atoms with Crippen LogP contribution in [-0.2, 0) is 42.7 Å². The average molecular weight is 622 g/mol. The summed E-state index contributed by atoms with van der Waals surface area (Å²) in [5.74, 6) is 5.00. The number of rotatable bonds is 0. The molecule has 0 heterocycles. The van der Waals surface area contributed by atoms with Gasteiger partial charge in [-0.2, -0.15) is 0 Å². The Bertz CT molecular complexity index is 861. The fourth-order valence-electron chi connectivity index (χ4n) is 3.13. The SMILES string of the molecule is [C-]#Cc1cc(C(C)(C)C)cc(C(C)(C)C)c1.[C-]#Cc1cc(C(C)(C)C)cc(C(C)(C)C)c1.[Pt+2]. The van der Waals surface area contributed by atoms with Gasteiger partial charge < -0.3 is 12.8 Å². The van der Waals surface area contributed by atoms with Gasteiger partial charge in [-0.1, -0.05) is 117 Å². The summed E-state index contributed by atoms with van der Waals surface area (Å²) in [5.41, 5.74) is 7.31. The van der Waals surface area contributed by atoms with E-state index in [4.69, 9.17) is 12.8 Å². The molecule has 0 N–H and O–H groups in total. The van der Waals surface area contributed by atoms with E-state index in [1.807, 2.05) is 0 Å². The maximum atomic E-state index is 7.30. The van der Waals surface area contributed by atoms with E-state index in [1.165, 1.54) is 22.3 Å². The minimum Gasteiger partial charge on any atom is -0.366 e. The molecule has 2 aromatic rings. The van der Waals surface area contributed by atoms with Crippen molar-refractivity contribution in [1.29, 1.82) is 0 Å². The Morgan fingerprint density at radius 3 is 0.727 bits per heavy atom. The van der Waals surface area contributed by atoms with E-state index in [0.717, 1.165) is 11.1 Å². The van der Waals surface area contributed by atoms with Crippen molar-refractivity contribution < 1.29 is 21.1 Å². The minimum absolute atomic E-state index is 0. The van der Waals surface area contributed by atoms with Gasteiger partial charge in [-0.15, -0.1) is 35.4 Å². The van der Waals surface area contributed by atoms with Crippen molar-refractivity contribution >= 4 is 0 Å². The van der Waals surface area contributed by atoms with E-state index < -0.39 is 0 Å². The molecule has 0 aromatic heterocycles. The quantitative estimate of drug-likeness (QED) is 0.205. The summed E-state index contributed by atoms with van der Waals surface area (Å²) in [4.78, 5) is 0. The molecule has 0 saturated carbocycles. The van der Waals surface area contributed by atoms with Gasteiger partial charge in [-0.25, -0.2) is 0 Å². The maximum absolute atomic E-state index is 7.30. The largest absolute Gasteiger partial charge is 2.00 e. The first-order valence-electron chi connectivity index (χ1n) is 11.5. The van der Waals surface area contributed by atoms with E-state index in [1.54, 1.807) is 0 Å². The van der Waals surface area contributed by atoms with Crippen molar-refractivity contribution in [3.05, 3.63) is 82.6 Å². The molecule has 0 unspecified atom stereocenters. The summed E-state index contributed by atoms with van der Waals surface area (Å²) in [7, 11) is 0. The molecule has 0 nitrogen and oxygen atoms in total. The van der Waals surface area contributed by atoms with Crippen molar-refractivity contribution in [1.82, 2.24) is 0 Å². The Morgan fingerprint density at radius 1 is 0.424 bits per heavy atom. The van der Waals surface area contributed by atoms with Gasteiger partial charge >= 0.3 is 21.1 Å². The Labute approximate surface area is 219 Å². The van der Waals surface area contributed by atoms with Crippen LogP contribution in [0.25, 0.3) is 0 Å². The van der Waals surface area contributed by atoms with E-state index in [-0.39, 0.29) is 42.7 Å². The summed E-state index contributed by atoms with van der Waals surface area (Å²) in [5, 5.41) is 0. The molecular weight excluding hydrogens is 579 g/mol. The molecule has 1 heteroatoms. The Hall–Kier alpha value is -1.75. The molecule has 2 aromatic carbocycles. The van der Waals surface area contributed by atoms with Crippen molar-refractivity contribution in [2.24, 2.45) is 0 Å². The molecule has 33 heavy (non-hydrogen) atoms. The molecule has 0 spiro atoms. The Morgan fingerprint density at radius 2 is 0.606 bits per heavy atom. The van der Waals surface area contributed by atoms with E-state index in [2.05, 4.69) is 131 Å². The van der Waals surface area contributed by atoms with Crippen LogP contribution in [0.2, 0.25) is 0 Å². The molecule has 2 rings (SSSR count). The summed E-state index contributed by atoms with van der Waals surface area (Å²) in [6.45, 7) is 26.4. The number of hydrogen-bond donors (Lipinski definition) is 0. The first kappa shape index (κ1) is 31.2. The minimum atomic E-state index is 0. The van der Waals surface area contributed by atoms with Crippen LogP contribution in [0.4, 0.5) is 0 Å². The molecule has 0 aliphatic rings. The summed E-state index contributed by atoms with van der Waals surface area (Å²) >= 11 is 0. The molecule has 0 bridgehead atoms. The summed E-state index contributed by atoms with van der Waals surface area (Å²) in [6.07, 6.45) is 14.6. The molecule has 180 valence electrons. The second-order valence-corrected chi connectivity index (χ2v) is 12.8. The van der Waals surface area contributed by atoms with Gasteiger partial charge in [0.1, 0.15) is 0 Å². The third kappa shape index (κ3) is 9.56. The van der Waals surface area contributed by atoms with Gasteiger partial charge in [-0.05, 0) is 21.7 Å². The molecular formula is C32H42Pt. The first-order valence-corrected chi connectivity index (χ1v) is 11.5. The maximum Gasteiger partial charge on any atom is 2.00 e. The van der Waals surface area contributed by atoms with Gasteiger partial charge in [0.05, 0.1) is 0 Å². The Balaban J connectivity index is 0.000000602. The summed E-state index contributed by atoms with van der Waals surface area (Å²) < 4.78 is 0. The van der Waals surface area contributed by atoms with Crippen LogP contribution in [0.15, 0.2) is 36.4 Å². The van der Waals surface area contributed by atoms with Crippen LogP contribution in [-0.4, -0.2) is 0 Å². The van der Waals surface area contributed by atoms with Crippen molar-refractivity contribution in [3.8, 4) is 11.8 Å². The smallest absolute Gasteiger partial charge is 0.366 e. The average Bonchev–Trinajstić information content (AvgIpc) is 2.65. The van der Waals surface area contributed by atoms with Crippen LogP contribution in [0, 0.1) is 24.7 Å². The topological polar surface area (TPSA) is 0 Å². The van der Waals surface area contributed by atoms with Crippen molar-refractivity contribution in [2.45, 2.75) is 105 Å². The zero-order valence-electron chi connectivity index (χ0n) is 22.8. The molecule has 0 atom stereocenters. The predicted molar refractivity (Wildman–Crippen MR) is 140 cm³/mol. The van der Waals surface area contributed by atoms with Crippen LogP contribution in [0.3, 0.4) is 0 Å². The van der Waals surface area contributed by atoms with Crippen LogP contribution in [0.5, 0.6) is 0 Å². The van der Waals surface area contributed by atoms with Crippen molar-refractivity contribution in [2.75, 3.05) is 0 Å². The second-order valence-electron chi connectivity index (χ2n) is 12.8. The van der Waals surface area contributed by atoms with E-state index in [0.29, 0.717) is 0 Å². The van der Waals surface area contributed by atoms with Gasteiger partial charge in [0.15, 0.2) is 0 Å². The Kier molecular flexibility index (Phi) is 10.5. The van der Waals surface area contributed by atoms with Crippen LogP contribution in [0.1, 0.15) is 116 Å². The number of benzene rings is 2. The number of hydrogen-bond acceptors (Lipinski definition) is 0. The zero-order valence-corrected chi connectivity index (χ0v) is 25.1.